The largest absolute Gasteiger partial charge is 0.377 e. The van der Waals surface area contributed by atoms with Crippen LogP contribution in [-0.4, -0.2) is 24.8 Å². The Bertz CT molecular complexity index is 276. The predicted molar refractivity (Wildman–Crippen MR) is 65.4 cm³/mol. The molecule has 3 aliphatic rings. The van der Waals surface area contributed by atoms with Crippen molar-refractivity contribution in [3.63, 3.8) is 0 Å². The molecule has 5 unspecified atom stereocenters. The molecule has 2 heteroatoms. The summed E-state index contributed by atoms with van der Waals surface area (Å²) in [7, 11) is 0. The van der Waals surface area contributed by atoms with E-state index in [1.165, 1.54) is 25.7 Å². The molecule has 2 nitrogen and oxygen atoms in total. The third kappa shape index (κ3) is 1.53. The van der Waals surface area contributed by atoms with E-state index >= 15 is 0 Å². The SMILES string of the molecule is CC1CCC(NC2C3CCOC3C2(C)C)C1. The lowest BCUT2D eigenvalue weighted by atomic mass is 9.57. The quantitative estimate of drug-likeness (QED) is 0.777. The summed E-state index contributed by atoms with van der Waals surface area (Å²) in [5.41, 5.74) is 0.354. The average molecular weight is 223 g/mol. The molecule has 1 heterocycles. The molecule has 0 radical (unpaired) electrons. The van der Waals surface area contributed by atoms with Gasteiger partial charge in [-0.1, -0.05) is 20.8 Å². The zero-order valence-electron chi connectivity index (χ0n) is 10.8. The average Bonchev–Trinajstić information content (AvgIpc) is 2.81. The molecule has 0 aromatic rings. The maximum absolute atomic E-state index is 5.84. The van der Waals surface area contributed by atoms with Crippen molar-refractivity contribution < 1.29 is 4.74 Å². The van der Waals surface area contributed by atoms with Crippen LogP contribution in [0.15, 0.2) is 0 Å². The van der Waals surface area contributed by atoms with Crippen molar-refractivity contribution in [1.29, 1.82) is 0 Å². The smallest absolute Gasteiger partial charge is 0.0685 e. The van der Waals surface area contributed by atoms with Crippen LogP contribution >= 0.6 is 0 Å². The predicted octanol–water partition coefficient (Wildman–Crippen LogP) is 2.58. The molecule has 0 aromatic carbocycles. The first-order valence-corrected chi connectivity index (χ1v) is 6.96. The molecular formula is C14H25NO. The Hall–Kier alpha value is -0.0800. The minimum Gasteiger partial charge on any atom is -0.377 e. The minimum absolute atomic E-state index is 0.354. The van der Waals surface area contributed by atoms with E-state index in [9.17, 15) is 0 Å². The van der Waals surface area contributed by atoms with Gasteiger partial charge in [-0.15, -0.1) is 0 Å². The highest BCUT2D eigenvalue weighted by Gasteiger charge is 2.59. The first-order valence-electron chi connectivity index (χ1n) is 6.96. The summed E-state index contributed by atoms with van der Waals surface area (Å²) in [5.74, 6) is 1.72. The van der Waals surface area contributed by atoms with Crippen molar-refractivity contribution in [1.82, 2.24) is 5.32 Å². The van der Waals surface area contributed by atoms with E-state index in [0.29, 0.717) is 17.6 Å². The van der Waals surface area contributed by atoms with Gasteiger partial charge >= 0.3 is 0 Å². The summed E-state index contributed by atoms with van der Waals surface area (Å²) in [6.07, 6.45) is 5.98. The van der Waals surface area contributed by atoms with Crippen molar-refractivity contribution >= 4 is 0 Å². The molecular weight excluding hydrogens is 198 g/mol. The van der Waals surface area contributed by atoms with Crippen LogP contribution in [0.3, 0.4) is 0 Å². The number of nitrogens with one attached hydrogen (secondary N) is 1. The Kier molecular flexibility index (Phi) is 2.56. The summed E-state index contributed by atoms with van der Waals surface area (Å²) >= 11 is 0. The van der Waals surface area contributed by atoms with E-state index in [4.69, 9.17) is 4.74 Å². The van der Waals surface area contributed by atoms with Crippen molar-refractivity contribution in [2.75, 3.05) is 6.61 Å². The highest BCUT2D eigenvalue weighted by molar-refractivity contribution is 5.12. The van der Waals surface area contributed by atoms with E-state index in [1.54, 1.807) is 0 Å². The van der Waals surface area contributed by atoms with Gasteiger partial charge in [0.25, 0.3) is 0 Å². The van der Waals surface area contributed by atoms with Gasteiger partial charge in [-0.2, -0.15) is 0 Å². The summed E-state index contributed by atoms with van der Waals surface area (Å²) in [6.45, 7) is 8.11. The zero-order chi connectivity index (χ0) is 11.3. The third-order valence-corrected chi connectivity index (χ3v) is 5.21. The van der Waals surface area contributed by atoms with Crippen LogP contribution in [0.4, 0.5) is 0 Å². The molecule has 0 spiro atoms. The molecule has 92 valence electrons. The second-order valence-electron chi connectivity index (χ2n) is 6.82. The fourth-order valence-corrected chi connectivity index (χ4v) is 4.28. The monoisotopic (exact) mass is 223 g/mol. The lowest BCUT2D eigenvalue weighted by Crippen LogP contribution is -2.67. The van der Waals surface area contributed by atoms with Gasteiger partial charge in [0.1, 0.15) is 0 Å². The summed E-state index contributed by atoms with van der Waals surface area (Å²) in [4.78, 5) is 0. The maximum atomic E-state index is 5.84. The van der Waals surface area contributed by atoms with E-state index in [-0.39, 0.29) is 0 Å². The van der Waals surface area contributed by atoms with Crippen molar-refractivity contribution in [2.24, 2.45) is 17.3 Å². The van der Waals surface area contributed by atoms with Crippen molar-refractivity contribution in [3.8, 4) is 0 Å². The zero-order valence-corrected chi connectivity index (χ0v) is 10.8. The van der Waals surface area contributed by atoms with Crippen LogP contribution in [0.25, 0.3) is 0 Å². The summed E-state index contributed by atoms with van der Waals surface area (Å²) in [6, 6.07) is 1.48. The Morgan fingerprint density at radius 1 is 1.19 bits per heavy atom. The van der Waals surface area contributed by atoms with E-state index in [1.807, 2.05) is 0 Å². The van der Waals surface area contributed by atoms with Crippen LogP contribution in [0.2, 0.25) is 0 Å². The van der Waals surface area contributed by atoms with Crippen molar-refractivity contribution in [2.45, 2.75) is 64.6 Å². The van der Waals surface area contributed by atoms with Gasteiger partial charge in [0.15, 0.2) is 0 Å². The van der Waals surface area contributed by atoms with Gasteiger partial charge in [0.05, 0.1) is 6.10 Å². The second kappa shape index (κ2) is 3.71. The molecule has 1 aliphatic heterocycles. The third-order valence-electron chi connectivity index (χ3n) is 5.21. The van der Waals surface area contributed by atoms with Crippen LogP contribution in [-0.2, 0) is 4.74 Å². The summed E-state index contributed by atoms with van der Waals surface area (Å²) in [5, 5.41) is 3.93. The molecule has 0 aromatic heterocycles. The fraction of sp³-hybridized carbons (Fsp3) is 1.00. The Morgan fingerprint density at radius 3 is 2.69 bits per heavy atom. The number of ether oxygens (including phenoxy) is 1. The van der Waals surface area contributed by atoms with Crippen LogP contribution in [0.5, 0.6) is 0 Å². The van der Waals surface area contributed by atoms with Gasteiger partial charge in [-0.25, -0.2) is 0 Å². The molecule has 1 N–H and O–H groups in total. The molecule has 0 bridgehead atoms. The Labute approximate surface area is 99.1 Å². The van der Waals surface area contributed by atoms with Gasteiger partial charge < -0.3 is 10.1 Å². The van der Waals surface area contributed by atoms with Gasteiger partial charge in [-0.3, -0.25) is 0 Å². The number of fused-ring (bicyclic) bond motifs is 1. The van der Waals surface area contributed by atoms with Crippen LogP contribution in [0, 0.1) is 17.3 Å². The minimum atomic E-state index is 0.354. The Balaban J connectivity index is 1.62. The summed E-state index contributed by atoms with van der Waals surface area (Å²) < 4.78 is 5.84. The second-order valence-corrected chi connectivity index (χ2v) is 6.82. The molecule has 16 heavy (non-hydrogen) atoms. The van der Waals surface area contributed by atoms with Crippen LogP contribution in [0.1, 0.15) is 46.5 Å². The number of hydrogen-bond donors (Lipinski definition) is 1. The molecule has 2 saturated carbocycles. The Morgan fingerprint density at radius 2 is 2.00 bits per heavy atom. The molecule has 5 atom stereocenters. The molecule has 2 aliphatic carbocycles. The molecule has 3 fully saturated rings. The number of rotatable bonds is 2. The standard InChI is InChI=1S/C14H25NO/c1-9-4-5-10(8-9)15-12-11-6-7-16-13(11)14(12,2)3/h9-13,15H,4-8H2,1-3H3. The van der Waals surface area contributed by atoms with Gasteiger partial charge in [0.2, 0.25) is 0 Å². The first kappa shape index (κ1) is 11.0. The van der Waals surface area contributed by atoms with E-state index < -0.39 is 0 Å². The molecule has 3 rings (SSSR count). The lowest BCUT2D eigenvalue weighted by molar-refractivity contribution is -0.115. The lowest BCUT2D eigenvalue weighted by Gasteiger charge is -2.55. The fourth-order valence-electron chi connectivity index (χ4n) is 4.28. The van der Waals surface area contributed by atoms with Gasteiger partial charge in [-0.05, 0) is 31.6 Å². The molecule has 1 saturated heterocycles. The number of hydrogen-bond acceptors (Lipinski definition) is 2. The normalized spacial score (nSPS) is 50.1. The van der Waals surface area contributed by atoms with E-state index in [0.717, 1.165) is 24.5 Å². The highest BCUT2D eigenvalue weighted by atomic mass is 16.5. The van der Waals surface area contributed by atoms with Crippen LogP contribution < -0.4 is 5.32 Å². The van der Waals surface area contributed by atoms with E-state index in [2.05, 4.69) is 26.1 Å². The van der Waals surface area contributed by atoms with Crippen molar-refractivity contribution in [3.05, 3.63) is 0 Å². The maximum Gasteiger partial charge on any atom is 0.0685 e. The topological polar surface area (TPSA) is 21.3 Å². The molecule has 0 amide bonds. The highest BCUT2D eigenvalue weighted by Crippen LogP contribution is 2.52. The first-order chi connectivity index (χ1) is 7.59. The van der Waals surface area contributed by atoms with Gasteiger partial charge in [0, 0.05) is 30.0 Å².